The van der Waals surface area contributed by atoms with Crippen LogP contribution in [0.1, 0.15) is 72.1 Å². The first-order valence-electron chi connectivity index (χ1n) is 19.1. The predicted molar refractivity (Wildman–Crippen MR) is 199 cm³/mol. The van der Waals surface area contributed by atoms with Gasteiger partial charge in [-0.15, -0.1) is 0 Å². The molecule has 55 heavy (non-hydrogen) atoms. The smallest absolute Gasteiger partial charge is 0.311 e. The average Bonchev–Trinajstić information content (AvgIpc) is 3.71. The van der Waals surface area contributed by atoms with E-state index in [1.54, 1.807) is 23.0 Å². The molecular weight excluding hydrogens is 711 g/mol. The number of piperidine rings is 4. The third-order valence-electron chi connectivity index (χ3n) is 12.6. The van der Waals surface area contributed by atoms with Crippen LogP contribution in [-0.4, -0.2) is 107 Å². The number of hydrogen-bond acceptors (Lipinski definition) is 11. The summed E-state index contributed by atoms with van der Waals surface area (Å²) in [6.45, 7) is 5.97. The maximum absolute atomic E-state index is 15.5. The van der Waals surface area contributed by atoms with Gasteiger partial charge in [0.05, 0.1) is 35.0 Å². The van der Waals surface area contributed by atoms with Gasteiger partial charge in [0.15, 0.2) is 5.75 Å². The molecule has 0 radical (unpaired) electrons. The number of nitrogens with zero attached hydrogens (tertiary/aromatic N) is 7. The molecule has 4 fully saturated rings. The number of imide groups is 2. The number of ether oxygens (including phenoxy) is 1. The van der Waals surface area contributed by atoms with Crippen molar-refractivity contribution in [3.8, 4) is 16.9 Å². The Kier molecular flexibility index (Phi) is 9.55. The number of rotatable bonds is 8. The Hall–Kier alpha value is -5.38. The average molecular weight is 757 g/mol. The molecule has 1 aromatic heterocycles. The second kappa shape index (κ2) is 14.4. The highest BCUT2D eigenvalue weighted by atomic mass is 19.1. The molecule has 15 nitrogen and oxygen atoms in total. The lowest BCUT2D eigenvalue weighted by Crippen LogP contribution is -2.54. The van der Waals surface area contributed by atoms with Gasteiger partial charge in [-0.05, 0) is 81.5 Å². The number of nitro benzene ring substituents is 1. The van der Waals surface area contributed by atoms with Crippen LogP contribution in [0, 0.1) is 27.3 Å². The van der Waals surface area contributed by atoms with E-state index in [2.05, 4.69) is 20.2 Å². The van der Waals surface area contributed by atoms with E-state index < -0.39 is 40.4 Å². The number of hydrogen-bond donors (Lipinski definition) is 1. The van der Waals surface area contributed by atoms with Crippen LogP contribution < -0.4 is 19.9 Å². The van der Waals surface area contributed by atoms with Gasteiger partial charge >= 0.3 is 5.69 Å². The Balaban J connectivity index is 0.851. The fourth-order valence-corrected chi connectivity index (χ4v) is 9.29. The van der Waals surface area contributed by atoms with Gasteiger partial charge in [-0.25, -0.2) is 4.39 Å². The molecule has 0 saturated carbocycles. The van der Waals surface area contributed by atoms with E-state index in [4.69, 9.17) is 4.74 Å². The number of nitrogens with one attached hydrogen (secondary N) is 1. The van der Waals surface area contributed by atoms with Crippen molar-refractivity contribution >= 4 is 40.7 Å². The fourth-order valence-electron chi connectivity index (χ4n) is 9.29. The second-order valence-corrected chi connectivity index (χ2v) is 15.7. The van der Waals surface area contributed by atoms with Crippen LogP contribution in [0.3, 0.4) is 0 Å². The number of aromatic nitrogens is 2. The van der Waals surface area contributed by atoms with Crippen molar-refractivity contribution in [2.24, 2.45) is 18.4 Å². The highest BCUT2D eigenvalue weighted by molar-refractivity contribution is 6.23. The van der Waals surface area contributed by atoms with E-state index in [9.17, 15) is 29.3 Å². The molecule has 8 rings (SSSR count). The van der Waals surface area contributed by atoms with Gasteiger partial charge < -0.3 is 19.4 Å². The van der Waals surface area contributed by atoms with Crippen LogP contribution in [0.5, 0.6) is 5.75 Å². The minimum Gasteiger partial charge on any atom is -0.490 e. The van der Waals surface area contributed by atoms with Crippen molar-refractivity contribution < 1.29 is 33.2 Å². The molecule has 3 aromatic rings. The molecule has 4 saturated heterocycles. The van der Waals surface area contributed by atoms with Gasteiger partial charge in [0, 0.05) is 81.3 Å². The van der Waals surface area contributed by atoms with Crippen molar-refractivity contribution in [1.82, 2.24) is 24.9 Å². The van der Waals surface area contributed by atoms with E-state index in [-0.39, 0.29) is 46.5 Å². The molecule has 2 aromatic carbocycles. The van der Waals surface area contributed by atoms with Crippen LogP contribution in [0.4, 0.5) is 21.5 Å². The molecule has 16 heteroatoms. The second-order valence-electron chi connectivity index (χ2n) is 15.7. The standard InChI is InChI=1S/C39H45FN8O7/c1-43-23-25(21-41-43)26-18-33(48(53)54)34(55-2)20-31(26)46-15-9-39(10-16-46)7-13-44(14-8-39)22-24-5-11-45(12-6-24)32-19-28-27(17-29(32)40)37(51)47(38(28)52)30-3-4-35(49)42-36(30)50/h17-21,23-24,30H,3-16,22H2,1-2H3,(H,42,49,50). The SMILES string of the molecule is COc1cc(N2CCC3(CCN(CC4CCN(c5cc6c(cc5F)C(=O)N(C5CCC(=O)NC5=O)C6=O)CC4)CC3)CC2)c(-c2cnn(C)c2)cc1[N+](=O)[O-]. The Bertz CT molecular complexity index is 2060. The Morgan fingerprint density at radius 1 is 0.891 bits per heavy atom. The van der Waals surface area contributed by atoms with Crippen LogP contribution >= 0.6 is 0 Å². The van der Waals surface area contributed by atoms with E-state index in [0.29, 0.717) is 19.0 Å². The topological polar surface area (TPSA) is 163 Å². The van der Waals surface area contributed by atoms with E-state index in [1.165, 1.54) is 13.2 Å². The zero-order valence-corrected chi connectivity index (χ0v) is 31.1. The third kappa shape index (κ3) is 6.80. The molecule has 5 aliphatic rings. The number of amides is 4. The minimum absolute atomic E-state index is 0.0204. The third-order valence-corrected chi connectivity index (χ3v) is 12.6. The first-order valence-corrected chi connectivity index (χ1v) is 19.1. The first kappa shape index (κ1) is 36.6. The Labute approximate surface area is 317 Å². The lowest BCUT2D eigenvalue weighted by Gasteiger charge is -2.48. The van der Waals surface area contributed by atoms with Crippen LogP contribution in [0.15, 0.2) is 36.7 Å². The number of fused-ring (bicyclic) bond motifs is 1. The quantitative estimate of drug-likeness (QED) is 0.200. The molecular formula is C39H45FN8O7. The van der Waals surface area contributed by atoms with Gasteiger partial charge in [-0.1, -0.05) is 0 Å². The highest BCUT2D eigenvalue weighted by Gasteiger charge is 2.46. The van der Waals surface area contributed by atoms with Gasteiger partial charge in [0.1, 0.15) is 11.9 Å². The van der Waals surface area contributed by atoms with E-state index >= 15 is 4.39 Å². The summed E-state index contributed by atoms with van der Waals surface area (Å²) in [4.78, 5) is 69.6. The molecule has 0 bridgehead atoms. The van der Waals surface area contributed by atoms with Crippen LogP contribution in [0.25, 0.3) is 11.1 Å². The summed E-state index contributed by atoms with van der Waals surface area (Å²) in [5.74, 6) is -2.37. The van der Waals surface area contributed by atoms with Crippen molar-refractivity contribution in [3.63, 3.8) is 0 Å². The van der Waals surface area contributed by atoms with E-state index in [1.807, 2.05) is 18.1 Å². The molecule has 1 unspecified atom stereocenters. The summed E-state index contributed by atoms with van der Waals surface area (Å²) < 4.78 is 22.6. The van der Waals surface area contributed by atoms with Crippen molar-refractivity contribution in [1.29, 1.82) is 0 Å². The zero-order chi connectivity index (χ0) is 38.6. The Morgan fingerprint density at radius 2 is 1.55 bits per heavy atom. The maximum atomic E-state index is 15.5. The summed E-state index contributed by atoms with van der Waals surface area (Å²) in [5.41, 5.74) is 3.02. The van der Waals surface area contributed by atoms with E-state index in [0.717, 1.165) is 99.0 Å². The number of carbonyl (C=O) groups excluding carboxylic acids is 4. The molecule has 5 aliphatic heterocycles. The molecule has 6 heterocycles. The normalized spacial score (nSPS) is 22.0. The maximum Gasteiger partial charge on any atom is 0.311 e. The summed E-state index contributed by atoms with van der Waals surface area (Å²) in [6, 6.07) is 4.86. The molecule has 0 aliphatic carbocycles. The lowest BCUT2D eigenvalue weighted by atomic mass is 9.71. The number of aryl methyl sites for hydroxylation is 1. The first-order chi connectivity index (χ1) is 26.4. The monoisotopic (exact) mass is 756 g/mol. The largest absolute Gasteiger partial charge is 0.490 e. The predicted octanol–water partition coefficient (Wildman–Crippen LogP) is 4.14. The number of likely N-dealkylation sites (tertiary alicyclic amines) is 1. The molecule has 4 amide bonds. The fraction of sp³-hybridized carbons (Fsp3) is 0.513. The molecule has 1 N–H and O–H groups in total. The van der Waals surface area contributed by atoms with Gasteiger partial charge in [-0.3, -0.25) is 44.2 Å². The van der Waals surface area contributed by atoms with Crippen LogP contribution in [-0.2, 0) is 16.6 Å². The number of nitro groups is 1. The number of benzene rings is 2. The molecule has 1 atom stereocenters. The van der Waals surface area contributed by atoms with Gasteiger partial charge in [0.25, 0.3) is 11.8 Å². The van der Waals surface area contributed by atoms with Crippen molar-refractivity contribution in [3.05, 3.63) is 63.7 Å². The number of anilines is 2. The number of halogens is 1. The summed E-state index contributed by atoms with van der Waals surface area (Å²) >= 11 is 0. The van der Waals surface area contributed by atoms with Gasteiger partial charge in [-0.2, -0.15) is 5.10 Å². The lowest BCUT2D eigenvalue weighted by molar-refractivity contribution is -0.385. The molecule has 1 spiro atoms. The summed E-state index contributed by atoms with van der Waals surface area (Å²) in [7, 11) is 3.29. The van der Waals surface area contributed by atoms with Crippen molar-refractivity contribution in [2.45, 2.75) is 57.4 Å². The van der Waals surface area contributed by atoms with Gasteiger partial charge in [0.2, 0.25) is 11.8 Å². The summed E-state index contributed by atoms with van der Waals surface area (Å²) in [6.07, 6.45) is 9.72. The zero-order valence-electron chi connectivity index (χ0n) is 31.1. The highest BCUT2D eigenvalue weighted by Crippen LogP contribution is 2.46. The number of methoxy groups -OCH3 is 1. The Morgan fingerprint density at radius 3 is 2.16 bits per heavy atom. The molecule has 290 valence electrons. The summed E-state index contributed by atoms with van der Waals surface area (Å²) in [5, 5.41) is 18.3. The number of carbonyl (C=O) groups is 4. The van der Waals surface area contributed by atoms with Crippen LogP contribution in [0.2, 0.25) is 0 Å². The van der Waals surface area contributed by atoms with Crippen molar-refractivity contribution in [2.75, 3.05) is 62.7 Å². The minimum atomic E-state index is -1.09.